The van der Waals surface area contributed by atoms with Crippen LogP contribution in [0.25, 0.3) is 10.9 Å². The maximum absolute atomic E-state index is 11.3. The monoisotopic (exact) mass is 319 g/mol. The smallest absolute Gasteiger partial charge is 0.357 e. The second-order valence-electron chi connectivity index (χ2n) is 5.54. The van der Waals surface area contributed by atoms with Crippen molar-refractivity contribution in [1.29, 1.82) is 10.5 Å². The number of benzene rings is 1. The summed E-state index contributed by atoms with van der Waals surface area (Å²) in [6.07, 6.45) is 0. The van der Waals surface area contributed by atoms with Crippen LogP contribution in [0.2, 0.25) is 0 Å². The van der Waals surface area contributed by atoms with Crippen molar-refractivity contribution in [2.24, 2.45) is 0 Å². The topological polar surface area (TPSA) is 126 Å². The first-order valence-electron chi connectivity index (χ1n) is 7.18. The Balaban J connectivity index is 2.25. The lowest BCUT2D eigenvalue weighted by Gasteiger charge is -2.26. The molecule has 0 spiro atoms. The number of hydrogen-bond donors (Lipinski definition) is 3. The molecule has 7 heteroatoms. The minimum Gasteiger partial charge on any atom is -0.476 e. The van der Waals surface area contributed by atoms with E-state index < -0.39 is 11.9 Å². The second-order valence-corrected chi connectivity index (χ2v) is 5.54. The summed E-state index contributed by atoms with van der Waals surface area (Å²) < 4.78 is 0. The predicted molar refractivity (Wildman–Crippen MR) is 85.6 cm³/mol. The van der Waals surface area contributed by atoms with Gasteiger partial charge in [0.25, 0.3) is 0 Å². The molecular formula is C17H13N5O2. The van der Waals surface area contributed by atoms with Gasteiger partial charge in [0.15, 0.2) is 5.69 Å². The van der Waals surface area contributed by atoms with E-state index in [9.17, 15) is 20.4 Å². The molecule has 24 heavy (non-hydrogen) atoms. The van der Waals surface area contributed by atoms with Gasteiger partial charge in [-0.3, -0.25) is 5.10 Å². The van der Waals surface area contributed by atoms with Crippen molar-refractivity contribution in [2.75, 3.05) is 0 Å². The molecule has 2 heterocycles. The number of aromatic nitrogens is 2. The van der Waals surface area contributed by atoms with Crippen LogP contribution in [0.5, 0.6) is 0 Å². The average molecular weight is 319 g/mol. The van der Waals surface area contributed by atoms with Crippen LogP contribution in [0.1, 0.15) is 35.8 Å². The van der Waals surface area contributed by atoms with Crippen LogP contribution in [0, 0.1) is 22.7 Å². The Morgan fingerprint density at radius 1 is 1.21 bits per heavy atom. The number of allylic oxidation sites excluding steroid dienone is 4. The number of dihydropyridines is 1. The van der Waals surface area contributed by atoms with E-state index in [1.165, 1.54) is 0 Å². The van der Waals surface area contributed by atoms with Crippen molar-refractivity contribution in [3.05, 3.63) is 52.0 Å². The molecule has 0 bridgehead atoms. The van der Waals surface area contributed by atoms with Gasteiger partial charge in [-0.1, -0.05) is 6.07 Å². The Bertz CT molecular complexity index is 978. The van der Waals surface area contributed by atoms with Crippen molar-refractivity contribution in [3.8, 4) is 12.1 Å². The Morgan fingerprint density at radius 2 is 1.83 bits per heavy atom. The van der Waals surface area contributed by atoms with E-state index in [2.05, 4.69) is 27.7 Å². The van der Waals surface area contributed by atoms with Gasteiger partial charge >= 0.3 is 5.97 Å². The maximum atomic E-state index is 11.3. The van der Waals surface area contributed by atoms with Gasteiger partial charge in [0, 0.05) is 16.8 Å². The molecule has 3 rings (SSSR count). The Hall–Kier alpha value is -3.58. The van der Waals surface area contributed by atoms with Gasteiger partial charge in [-0.05, 0) is 31.5 Å². The summed E-state index contributed by atoms with van der Waals surface area (Å²) in [5.41, 5.74) is 3.44. The van der Waals surface area contributed by atoms with E-state index in [0.29, 0.717) is 39.0 Å². The molecular weight excluding hydrogens is 306 g/mol. The SMILES string of the molecule is CC1=C(C#N)C(c2ccc3[nH]nc(C(=O)O)c3c2)C(C#N)=C(C)N1. The third-order valence-corrected chi connectivity index (χ3v) is 4.12. The molecule has 0 aliphatic carbocycles. The van der Waals surface area contributed by atoms with Crippen LogP contribution < -0.4 is 5.32 Å². The molecule has 0 saturated carbocycles. The van der Waals surface area contributed by atoms with E-state index in [-0.39, 0.29) is 5.69 Å². The predicted octanol–water partition coefficient (Wildman–Crippen LogP) is 2.54. The number of hydrogen-bond acceptors (Lipinski definition) is 5. The summed E-state index contributed by atoms with van der Waals surface area (Å²) in [6.45, 7) is 3.56. The number of nitriles is 2. The van der Waals surface area contributed by atoms with Crippen molar-refractivity contribution in [1.82, 2.24) is 15.5 Å². The zero-order valence-corrected chi connectivity index (χ0v) is 13.0. The number of nitrogens with zero attached hydrogens (tertiary/aromatic N) is 3. The molecule has 0 atom stereocenters. The lowest BCUT2D eigenvalue weighted by atomic mass is 9.81. The summed E-state index contributed by atoms with van der Waals surface area (Å²) in [4.78, 5) is 11.3. The number of rotatable bonds is 2. The van der Waals surface area contributed by atoms with Crippen LogP contribution in [0.4, 0.5) is 0 Å². The molecule has 1 aliphatic heterocycles. The van der Waals surface area contributed by atoms with Gasteiger partial charge in [-0.15, -0.1) is 0 Å². The van der Waals surface area contributed by atoms with E-state index in [1.54, 1.807) is 32.0 Å². The quantitative estimate of drug-likeness (QED) is 0.781. The molecule has 1 aromatic carbocycles. The second kappa shape index (κ2) is 5.56. The molecule has 0 amide bonds. The van der Waals surface area contributed by atoms with Crippen LogP contribution in [-0.2, 0) is 0 Å². The number of aromatic amines is 1. The maximum Gasteiger partial charge on any atom is 0.357 e. The minimum atomic E-state index is -1.14. The number of carboxylic acid groups (broad SMARTS) is 1. The van der Waals surface area contributed by atoms with Crippen LogP contribution in [0.15, 0.2) is 40.7 Å². The van der Waals surface area contributed by atoms with E-state index in [0.717, 1.165) is 0 Å². The number of aromatic carboxylic acids is 1. The number of carboxylic acids is 1. The van der Waals surface area contributed by atoms with E-state index in [4.69, 9.17) is 0 Å². The van der Waals surface area contributed by atoms with Crippen molar-refractivity contribution < 1.29 is 9.90 Å². The molecule has 118 valence electrons. The number of nitrogens with one attached hydrogen (secondary N) is 2. The fourth-order valence-electron chi connectivity index (χ4n) is 3.00. The highest BCUT2D eigenvalue weighted by Crippen LogP contribution is 2.38. The highest BCUT2D eigenvalue weighted by Gasteiger charge is 2.30. The van der Waals surface area contributed by atoms with Crippen molar-refractivity contribution >= 4 is 16.9 Å². The molecule has 0 unspecified atom stereocenters. The minimum absolute atomic E-state index is 0.0841. The molecule has 1 aromatic heterocycles. The molecule has 0 fully saturated rings. The molecule has 0 saturated heterocycles. The number of carbonyl (C=O) groups is 1. The molecule has 3 N–H and O–H groups in total. The highest BCUT2D eigenvalue weighted by atomic mass is 16.4. The molecule has 1 aliphatic rings. The lowest BCUT2D eigenvalue weighted by molar-refractivity contribution is 0.0692. The first-order valence-corrected chi connectivity index (χ1v) is 7.18. The van der Waals surface area contributed by atoms with Gasteiger partial charge in [-0.25, -0.2) is 4.79 Å². The third-order valence-electron chi connectivity index (χ3n) is 4.12. The first kappa shape index (κ1) is 15.3. The fourth-order valence-corrected chi connectivity index (χ4v) is 3.00. The van der Waals surface area contributed by atoms with Gasteiger partial charge in [-0.2, -0.15) is 15.6 Å². The first-order chi connectivity index (χ1) is 11.5. The summed E-state index contributed by atoms with van der Waals surface area (Å²) in [6, 6.07) is 9.48. The Labute approximate surface area is 137 Å². The summed E-state index contributed by atoms with van der Waals surface area (Å²) in [5.74, 6) is -1.66. The van der Waals surface area contributed by atoms with Crippen LogP contribution >= 0.6 is 0 Å². The fraction of sp³-hybridized carbons (Fsp3) is 0.176. The molecule has 7 nitrogen and oxygen atoms in total. The molecule has 2 aromatic rings. The Kier molecular flexibility index (Phi) is 3.55. The standard InChI is InChI=1S/C17H13N5O2/c1-8-12(6-18)15(13(7-19)9(2)20-8)10-3-4-14-11(5-10)16(17(23)24)22-21-14/h3-5,15,20H,1-2H3,(H,21,22)(H,23,24). The van der Waals surface area contributed by atoms with Gasteiger partial charge in [0.2, 0.25) is 0 Å². The van der Waals surface area contributed by atoms with Crippen LogP contribution in [0.3, 0.4) is 0 Å². The zero-order valence-electron chi connectivity index (χ0n) is 13.0. The van der Waals surface area contributed by atoms with Crippen LogP contribution in [-0.4, -0.2) is 21.3 Å². The Morgan fingerprint density at radius 3 is 2.38 bits per heavy atom. The van der Waals surface area contributed by atoms with Crippen molar-refractivity contribution in [2.45, 2.75) is 19.8 Å². The van der Waals surface area contributed by atoms with Gasteiger partial charge < -0.3 is 10.4 Å². The third kappa shape index (κ3) is 2.20. The van der Waals surface area contributed by atoms with Gasteiger partial charge in [0.1, 0.15) is 0 Å². The average Bonchev–Trinajstić information content (AvgIpc) is 2.97. The highest BCUT2D eigenvalue weighted by molar-refractivity contribution is 6.01. The lowest BCUT2D eigenvalue weighted by Crippen LogP contribution is -2.23. The van der Waals surface area contributed by atoms with E-state index in [1.807, 2.05) is 0 Å². The number of fused-ring (bicyclic) bond motifs is 1. The summed E-state index contributed by atoms with van der Waals surface area (Å²) >= 11 is 0. The van der Waals surface area contributed by atoms with E-state index >= 15 is 0 Å². The number of H-pyrrole nitrogens is 1. The molecule has 0 radical (unpaired) electrons. The van der Waals surface area contributed by atoms with Gasteiger partial charge in [0.05, 0.1) is 34.7 Å². The summed E-state index contributed by atoms with van der Waals surface area (Å²) in [7, 11) is 0. The largest absolute Gasteiger partial charge is 0.476 e. The summed E-state index contributed by atoms with van der Waals surface area (Å²) in [5, 5.41) is 38.2. The van der Waals surface area contributed by atoms with Crippen molar-refractivity contribution in [3.63, 3.8) is 0 Å². The normalized spacial score (nSPS) is 15.2. The zero-order chi connectivity index (χ0) is 17.4.